The number of aromatic nitrogens is 5. The van der Waals surface area contributed by atoms with E-state index >= 15 is 4.39 Å². The van der Waals surface area contributed by atoms with E-state index in [1.807, 2.05) is 32.9 Å². The molecule has 15 heteroatoms. The van der Waals surface area contributed by atoms with Crippen LogP contribution in [0, 0.1) is 17.7 Å². The van der Waals surface area contributed by atoms with Gasteiger partial charge in [0.15, 0.2) is 0 Å². The SMILES string of the molecule is CC(C)(C)OC(=O)NCC1CCC(C(=O)N[C@@H](Cc2ccc(-c3ccc(N4CCOCC4)nc3)c(F)c2)C(=O)Nc2ccc(-c3nn[nH]n3)cc2)CC1. The van der Waals surface area contributed by atoms with Gasteiger partial charge in [-0.05, 0) is 106 Å². The van der Waals surface area contributed by atoms with Crippen molar-refractivity contribution in [2.45, 2.75) is 64.5 Å². The molecule has 0 radical (unpaired) electrons. The van der Waals surface area contributed by atoms with Crippen LogP contribution in [0.3, 0.4) is 0 Å². The molecule has 4 aromatic rings. The predicted octanol–water partition coefficient (Wildman–Crippen LogP) is 4.90. The molecule has 2 aliphatic rings. The van der Waals surface area contributed by atoms with Crippen molar-refractivity contribution in [1.82, 2.24) is 36.2 Å². The summed E-state index contributed by atoms with van der Waals surface area (Å²) in [6.07, 6.45) is 3.97. The van der Waals surface area contributed by atoms with E-state index in [-0.39, 0.29) is 24.2 Å². The number of morpholine rings is 1. The van der Waals surface area contributed by atoms with Crippen molar-refractivity contribution in [3.8, 4) is 22.5 Å². The highest BCUT2D eigenvalue weighted by atomic mass is 19.1. The number of nitrogens with one attached hydrogen (secondary N) is 4. The van der Waals surface area contributed by atoms with Crippen LogP contribution >= 0.6 is 0 Å². The monoisotopic (exact) mass is 727 g/mol. The molecule has 1 atom stereocenters. The molecule has 6 rings (SSSR count). The molecule has 1 saturated heterocycles. The zero-order chi connectivity index (χ0) is 37.4. The normalized spacial score (nSPS) is 18.2. The molecule has 3 amide bonds. The molecule has 0 spiro atoms. The van der Waals surface area contributed by atoms with E-state index in [4.69, 9.17) is 9.47 Å². The number of anilines is 2. The van der Waals surface area contributed by atoms with E-state index in [2.05, 4.69) is 46.5 Å². The number of carbonyl (C=O) groups excluding carboxylic acids is 3. The van der Waals surface area contributed by atoms with Crippen LogP contribution in [0.5, 0.6) is 0 Å². The summed E-state index contributed by atoms with van der Waals surface area (Å²) < 4.78 is 26.4. The van der Waals surface area contributed by atoms with Crippen molar-refractivity contribution < 1.29 is 28.2 Å². The van der Waals surface area contributed by atoms with Gasteiger partial charge in [0.05, 0.1) is 13.2 Å². The largest absolute Gasteiger partial charge is 0.444 e. The van der Waals surface area contributed by atoms with Gasteiger partial charge >= 0.3 is 6.09 Å². The van der Waals surface area contributed by atoms with Crippen LogP contribution in [0.15, 0.2) is 60.8 Å². The maximum Gasteiger partial charge on any atom is 0.407 e. The number of aromatic amines is 1. The van der Waals surface area contributed by atoms with E-state index < -0.39 is 29.5 Å². The number of tetrazole rings is 1. The summed E-state index contributed by atoms with van der Waals surface area (Å²) in [4.78, 5) is 46.2. The minimum atomic E-state index is -0.981. The summed E-state index contributed by atoms with van der Waals surface area (Å²) in [6.45, 7) is 8.69. The van der Waals surface area contributed by atoms with Gasteiger partial charge in [0.2, 0.25) is 17.6 Å². The van der Waals surface area contributed by atoms with Crippen LogP contribution in [0.4, 0.5) is 20.7 Å². The molecule has 0 unspecified atom stereocenters. The van der Waals surface area contributed by atoms with Gasteiger partial charge in [0.25, 0.3) is 0 Å². The number of pyridine rings is 1. The van der Waals surface area contributed by atoms with E-state index in [1.165, 1.54) is 6.07 Å². The highest BCUT2D eigenvalue weighted by Crippen LogP contribution is 2.30. The Bertz CT molecular complexity index is 1840. The van der Waals surface area contributed by atoms with Crippen molar-refractivity contribution >= 4 is 29.4 Å². The molecule has 2 aromatic carbocycles. The zero-order valence-electron chi connectivity index (χ0n) is 30.2. The van der Waals surface area contributed by atoms with E-state index in [0.717, 1.165) is 31.7 Å². The topological polar surface area (TPSA) is 176 Å². The molecular formula is C38H46FN9O5. The summed E-state index contributed by atoms with van der Waals surface area (Å²) in [5.41, 5.74) is 2.21. The average molecular weight is 728 g/mol. The van der Waals surface area contributed by atoms with Crippen molar-refractivity contribution in [1.29, 1.82) is 0 Å². The molecule has 1 aliphatic heterocycles. The summed E-state index contributed by atoms with van der Waals surface area (Å²) >= 11 is 0. The highest BCUT2D eigenvalue weighted by molar-refractivity contribution is 5.97. The molecule has 53 heavy (non-hydrogen) atoms. The second-order valence-electron chi connectivity index (χ2n) is 14.5. The first-order valence-corrected chi connectivity index (χ1v) is 18.0. The number of ether oxygens (including phenoxy) is 2. The van der Waals surface area contributed by atoms with Crippen LogP contribution in [0.1, 0.15) is 52.0 Å². The molecule has 0 bridgehead atoms. The lowest BCUT2D eigenvalue weighted by Gasteiger charge is -2.29. The van der Waals surface area contributed by atoms with Crippen LogP contribution in [0.25, 0.3) is 22.5 Å². The fourth-order valence-corrected chi connectivity index (χ4v) is 6.57. The Hall–Kier alpha value is -5.44. The molecule has 4 N–H and O–H groups in total. The summed E-state index contributed by atoms with van der Waals surface area (Å²) in [6, 6.07) is 14.5. The lowest BCUT2D eigenvalue weighted by molar-refractivity contribution is -0.130. The quantitative estimate of drug-likeness (QED) is 0.166. The van der Waals surface area contributed by atoms with Crippen LogP contribution < -0.4 is 20.9 Å². The van der Waals surface area contributed by atoms with Crippen LogP contribution in [-0.2, 0) is 25.5 Å². The highest BCUT2D eigenvalue weighted by Gasteiger charge is 2.30. The van der Waals surface area contributed by atoms with Gasteiger partial charge in [-0.2, -0.15) is 5.21 Å². The minimum Gasteiger partial charge on any atom is -0.444 e. The third-order valence-electron chi connectivity index (χ3n) is 9.41. The number of carbonyl (C=O) groups is 3. The number of amides is 3. The molecule has 1 saturated carbocycles. The van der Waals surface area contributed by atoms with Gasteiger partial charge < -0.3 is 30.3 Å². The van der Waals surface area contributed by atoms with Gasteiger partial charge in [-0.1, -0.05) is 12.1 Å². The minimum absolute atomic E-state index is 0.0685. The molecule has 1 aliphatic carbocycles. The average Bonchev–Trinajstić information content (AvgIpc) is 3.69. The molecule has 3 heterocycles. The van der Waals surface area contributed by atoms with Gasteiger partial charge in [0.1, 0.15) is 23.3 Å². The molecule has 2 fully saturated rings. The first-order valence-electron chi connectivity index (χ1n) is 18.0. The number of benzene rings is 2. The Morgan fingerprint density at radius 3 is 2.38 bits per heavy atom. The maximum absolute atomic E-state index is 15.6. The molecule has 280 valence electrons. The number of nitrogens with zero attached hydrogens (tertiary/aromatic N) is 5. The van der Waals surface area contributed by atoms with E-state index in [9.17, 15) is 14.4 Å². The van der Waals surface area contributed by atoms with Crippen molar-refractivity contribution in [3.05, 3.63) is 72.2 Å². The fraction of sp³-hybridized carbons (Fsp3) is 0.447. The first-order chi connectivity index (χ1) is 25.5. The number of halogens is 1. The van der Waals surface area contributed by atoms with E-state index in [1.54, 1.807) is 42.6 Å². The third-order valence-corrected chi connectivity index (χ3v) is 9.41. The number of rotatable bonds is 11. The van der Waals surface area contributed by atoms with E-state index in [0.29, 0.717) is 66.4 Å². The summed E-state index contributed by atoms with van der Waals surface area (Å²) in [7, 11) is 0. The Morgan fingerprint density at radius 2 is 1.74 bits per heavy atom. The van der Waals surface area contributed by atoms with Crippen LogP contribution in [-0.4, -0.2) is 88.0 Å². The third kappa shape index (κ3) is 10.3. The second kappa shape index (κ2) is 16.9. The van der Waals surface area contributed by atoms with Crippen molar-refractivity contribution in [2.75, 3.05) is 43.1 Å². The Morgan fingerprint density at radius 1 is 1.00 bits per heavy atom. The zero-order valence-corrected chi connectivity index (χ0v) is 30.2. The van der Waals surface area contributed by atoms with Gasteiger partial charge in [-0.15, -0.1) is 10.2 Å². The Balaban J connectivity index is 1.11. The molecule has 14 nitrogen and oxygen atoms in total. The lowest BCUT2D eigenvalue weighted by atomic mass is 9.81. The Kier molecular flexibility index (Phi) is 11.9. The summed E-state index contributed by atoms with van der Waals surface area (Å²) in [5, 5.41) is 22.6. The number of H-pyrrole nitrogens is 1. The summed E-state index contributed by atoms with van der Waals surface area (Å²) in [5.74, 6) is 0.0155. The number of alkyl carbamates (subject to hydrolysis) is 1. The number of hydrogen-bond donors (Lipinski definition) is 4. The van der Waals surface area contributed by atoms with Gasteiger partial charge in [0, 0.05) is 60.5 Å². The second-order valence-corrected chi connectivity index (χ2v) is 14.5. The van der Waals surface area contributed by atoms with Gasteiger partial charge in [-0.3, -0.25) is 9.59 Å². The van der Waals surface area contributed by atoms with Crippen LogP contribution in [0.2, 0.25) is 0 Å². The standard InChI is InChI=1S/C38H46FN9O5/c1-38(2,3)53-37(51)41-22-24-4-7-27(8-5-24)35(49)43-32(36(50)42-29-12-9-26(10-13-29)34-44-46-47-45-34)21-25-6-14-30(31(39)20-25)28-11-15-33(40-23-28)48-16-18-52-19-17-48/h6,9-15,20,23-24,27,32H,4-5,7-8,16-19,21-22H2,1-3H3,(H,41,51)(H,42,50)(H,43,49)(H,44,45,46,47)/t24?,27?,32-/m0/s1. The van der Waals surface area contributed by atoms with Crippen molar-refractivity contribution in [2.24, 2.45) is 11.8 Å². The fourth-order valence-electron chi connectivity index (χ4n) is 6.57. The van der Waals surface area contributed by atoms with Gasteiger partial charge in [-0.25, -0.2) is 14.2 Å². The van der Waals surface area contributed by atoms with Crippen molar-refractivity contribution in [3.63, 3.8) is 0 Å². The maximum atomic E-state index is 15.6. The predicted molar refractivity (Wildman–Crippen MR) is 196 cm³/mol. The lowest BCUT2D eigenvalue weighted by Crippen LogP contribution is -2.48. The Labute approximate surface area is 307 Å². The molecular weight excluding hydrogens is 681 g/mol. The molecule has 2 aromatic heterocycles. The smallest absolute Gasteiger partial charge is 0.407 e. The first kappa shape index (κ1) is 37.3. The number of hydrogen-bond acceptors (Lipinski definition) is 10.